The van der Waals surface area contributed by atoms with Gasteiger partial charge in [0, 0.05) is 18.2 Å². The Morgan fingerprint density at radius 1 is 0.872 bits per heavy atom. The number of ether oxygens (including phenoxy) is 4. The highest BCUT2D eigenvalue weighted by Gasteiger charge is 2.49. The van der Waals surface area contributed by atoms with Crippen LogP contribution in [0.4, 0.5) is 25.0 Å². The lowest BCUT2D eigenvalue weighted by Gasteiger charge is -2.40. The van der Waals surface area contributed by atoms with Crippen molar-refractivity contribution in [1.82, 2.24) is 9.88 Å². The SMILES string of the molecule is CC(C)(C)OC(=O)N1CCC(c2cccc3c2OCCN3c2ccc(OCc3ccccc3)nc2OCc2ccccc2)C(F)(F)C1. The van der Waals surface area contributed by atoms with Crippen LogP contribution < -0.4 is 19.1 Å². The summed E-state index contributed by atoms with van der Waals surface area (Å²) in [6.45, 7) is 5.92. The first-order valence-electron chi connectivity index (χ1n) is 15.8. The van der Waals surface area contributed by atoms with Crippen LogP contribution in [-0.2, 0) is 18.0 Å². The second kappa shape index (κ2) is 13.5. The molecule has 246 valence electrons. The van der Waals surface area contributed by atoms with E-state index < -0.39 is 30.1 Å². The van der Waals surface area contributed by atoms with Crippen molar-refractivity contribution in [2.45, 2.75) is 57.8 Å². The number of halogens is 2. The summed E-state index contributed by atoms with van der Waals surface area (Å²) in [5.74, 6) is -3.18. The largest absolute Gasteiger partial charge is 0.489 e. The Hall–Kier alpha value is -4.86. The zero-order chi connectivity index (χ0) is 33.0. The summed E-state index contributed by atoms with van der Waals surface area (Å²) in [5.41, 5.74) is 2.92. The summed E-state index contributed by atoms with van der Waals surface area (Å²) in [6.07, 6.45) is -0.674. The first kappa shape index (κ1) is 32.1. The van der Waals surface area contributed by atoms with E-state index in [1.807, 2.05) is 77.7 Å². The van der Waals surface area contributed by atoms with Gasteiger partial charge < -0.3 is 28.7 Å². The van der Waals surface area contributed by atoms with Gasteiger partial charge in [-0.15, -0.1) is 0 Å². The lowest BCUT2D eigenvalue weighted by atomic mass is 9.85. The van der Waals surface area contributed by atoms with Crippen molar-refractivity contribution in [1.29, 1.82) is 0 Å². The number of anilines is 2. The summed E-state index contributed by atoms with van der Waals surface area (Å²) >= 11 is 0. The topological polar surface area (TPSA) is 73.4 Å². The standard InChI is InChI=1S/C37H39F2N3O5/c1-36(2,3)47-35(43)41-20-19-29(37(38,39)25-41)28-15-10-16-30-33(28)44-22-21-42(30)31-17-18-32(45-23-26-11-6-4-7-12-26)40-34(31)46-24-27-13-8-5-9-14-27/h4-18,29H,19-25H2,1-3H3. The highest BCUT2D eigenvalue weighted by molar-refractivity contribution is 5.75. The van der Waals surface area contributed by atoms with E-state index in [1.165, 1.54) is 0 Å². The van der Waals surface area contributed by atoms with Crippen molar-refractivity contribution in [3.63, 3.8) is 0 Å². The Bertz CT molecular complexity index is 1680. The Morgan fingerprint density at radius 3 is 2.21 bits per heavy atom. The van der Waals surface area contributed by atoms with Crippen molar-refractivity contribution in [2.75, 3.05) is 31.1 Å². The van der Waals surface area contributed by atoms with Crippen LogP contribution in [0.2, 0.25) is 0 Å². The molecule has 47 heavy (non-hydrogen) atoms. The molecule has 1 fully saturated rings. The predicted octanol–water partition coefficient (Wildman–Crippen LogP) is 8.13. The van der Waals surface area contributed by atoms with Crippen molar-refractivity contribution in [3.05, 3.63) is 108 Å². The molecule has 8 nitrogen and oxygen atoms in total. The molecule has 0 N–H and O–H groups in total. The molecule has 1 unspecified atom stereocenters. The van der Waals surface area contributed by atoms with Gasteiger partial charge in [-0.2, -0.15) is 4.98 Å². The first-order chi connectivity index (χ1) is 22.6. The van der Waals surface area contributed by atoms with Crippen molar-refractivity contribution in [2.24, 2.45) is 0 Å². The smallest absolute Gasteiger partial charge is 0.410 e. The maximum absolute atomic E-state index is 15.8. The monoisotopic (exact) mass is 643 g/mol. The predicted molar refractivity (Wildman–Crippen MR) is 175 cm³/mol. The number of amides is 1. The number of hydrogen-bond donors (Lipinski definition) is 0. The van der Waals surface area contributed by atoms with E-state index in [4.69, 9.17) is 23.9 Å². The zero-order valence-electron chi connectivity index (χ0n) is 26.8. The Morgan fingerprint density at radius 2 is 1.55 bits per heavy atom. The maximum atomic E-state index is 15.8. The molecule has 0 bridgehead atoms. The van der Waals surface area contributed by atoms with Gasteiger partial charge in [-0.05, 0) is 50.5 Å². The van der Waals surface area contributed by atoms with Crippen LogP contribution in [-0.4, -0.2) is 53.7 Å². The fraction of sp³-hybridized carbons (Fsp3) is 0.351. The normalized spacial score (nSPS) is 17.3. The number of aromatic nitrogens is 1. The third kappa shape index (κ3) is 7.59. The molecule has 0 aliphatic carbocycles. The molecule has 2 aliphatic rings. The molecule has 1 amide bonds. The van der Waals surface area contributed by atoms with E-state index in [1.54, 1.807) is 39.0 Å². The second-order valence-electron chi connectivity index (χ2n) is 12.7. The first-order valence-corrected chi connectivity index (χ1v) is 15.8. The van der Waals surface area contributed by atoms with Gasteiger partial charge in [-0.1, -0.05) is 72.8 Å². The molecule has 1 atom stereocenters. The summed E-state index contributed by atoms with van der Waals surface area (Å²) in [6, 6.07) is 28.6. The number of carbonyl (C=O) groups is 1. The molecule has 4 aromatic rings. The minimum absolute atomic E-state index is 0.0620. The molecule has 0 radical (unpaired) electrons. The van der Waals surface area contributed by atoms with E-state index in [-0.39, 0.29) is 26.2 Å². The van der Waals surface area contributed by atoms with Crippen LogP contribution in [0.15, 0.2) is 91.0 Å². The van der Waals surface area contributed by atoms with E-state index in [0.717, 1.165) is 16.0 Å². The summed E-state index contributed by atoms with van der Waals surface area (Å²) < 4.78 is 55.4. The Kier molecular flexibility index (Phi) is 9.20. The van der Waals surface area contributed by atoms with Gasteiger partial charge in [0.05, 0.1) is 24.7 Å². The quantitative estimate of drug-likeness (QED) is 0.192. The number of hydrogen-bond acceptors (Lipinski definition) is 7. The van der Waals surface area contributed by atoms with Crippen LogP contribution in [0.3, 0.4) is 0 Å². The van der Waals surface area contributed by atoms with E-state index in [9.17, 15) is 4.79 Å². The van der Waals surface area contributed by atoms with Crippen molar-refractivity contribution < 1.29 is 32.5 Å². The number of alkyl halides is 2. The van der Waals surface area contributed by atoms with E-state index in [0.29, 0.717) is 47.6 Å². The minimum atomic E-state index is -3.20. The average Bonchev–Trinajstić information content (AvgIpc) is 3.06. The Labute approximate surface area is 273 Å². The number of piperidine rings is 1. The van der Waals surface area contributed by atoms with Gasteiger partial charge in [-0.3, -0.25) is 0 Å². The van der Waals surface area contributed by atoms with Crippen LogP contribution in [0.1, 0.15) is 49.8 Å². The highest BCUT2D eigenvalue weighted by Crippen LogP contribution is 2.49. The van der Waals surface area contributed by atoms with Gasteiger partial charge in [0.1, 0.15) is 36.9 Å². The van der Waals surface area contributed by atoms with Crippen molar-refractivity contribution >= 4 is 17.5 Å². The molecule has 3 heterocycles. The number of likely N-dealkylation sites (tertiary alicyclic amines) is 1. The summed E-state index contributed by atoms with van der Waals surface area (Å²) in [5, 5.41) is 0. The number of para-hydroxylation sites is 1. The fourth-order valence-electron chi connectivity index (χ4n) is 5.87. The summed E-state index contributed by atoms with van der Waals surface area (Å²) in [7, 11) is 0. The highest BCUT2D eigenvalue weighted by atomic mass is 19.3. The van der Waals surface area contributed by atoms with Gasteiger partial charge >= 0.3 is 6.09 Å². The lowest BCUT2D eigenvalue weighted by Crippen LogP contribution is -2.51. The number of fused-ring (bicyclic) bond motifs is 1. The molecule has 1 saturated heterocycles. The molecule has 1 aromatic heterocycles. The number of pyridine rings is 1. The maximum Gasteiger partial charge on any atom is 0.410 e. The second-order valence-corrected chi connectivity index (χ2v) is 12.7. The van der Waals surface area contributed by atoms with E-state index in [2.05, 4.69) is 0 Å². The number of nitrogens with zero attached hydrogens (tertiary/aromatic N) is 3. The molecule has 10 heteroatoms. The average molecular weight is 644 g/mol. The lowest BCUT2D eigenvalue weighted by molar-refractivity contribution is -0.0853. The number of carbonyl (C=O) groups excluding carboxylic acids is 1. The van der Waals surface area contributed by atoms with Crippen LogP contribution >= 0.6 is 0 Å². The Balaban J connectivity index is 1.28. The van der Waals surface area contributed by atoms with Gasteiger partial charge in [-0.25, -0.2) is 13.6 Å². The van der Waals surface area contributed by atoms with Gasteiger partial charge in [0.15, 0.2) is 0 Å². The van der Waals surface area contributed by atoms with Gasteiger partial charge in [0.2, 0.25) is 11.8 Å². The number of rotatable bonds is 8. The minimum Gasteiger partial charge on any atom is -0.489 e. The molecule has 0 spiro atoms. The van der Waals surface area contributed by atoms with Gasteiger partial charge in [0.25, 0.3) is 5.92 Å². The molecule has 2 aliphatic heterocycles. The molecular weight excluding hydrogens is 604 g/mol. The van der Waals surface area contributed by atoms with Crippen LogP contribution in [0.25, 0.3) is 0 Å². The third-order valence-electron chi connectivity index (χ3n) is 8.06. The molecule has 0 saturated carbocycles. The van der Waals surface area contributed by atoms with Crippen molar-refractivity contribution in [3.8, 4) is 17.5 Å². The molecule has 6 rings (SSSR count). The molecule has 3 aromatic carbocycles. The summed E-state index contributed by atoms with van der Waals surface area (Å²) in [4.78, 5) is 20.4. The third-order valence-corrected chi connectivity index (χ3v) is 8.06. The molecular formula is C37H39F2N3O5. The van der Waals surface area contributed by atoms with Crippen LogP contribution in [0, 0.1) is 0 Å². The number of benzene rings is 3. The zero-order valence-corrected chi connectivity index (χ0v) is 26.8. The van der Waals surface area contributed by atoms with Crippen LogP contribution in [0.5, 0.6) is 17.5 Å². The van der Waals surface area contributed by atoms with E-state index >= 15 is 8.78 Å². The fourth-order valence-corrected chi connectivity index (χ4v) is 5.87.